The van der Waals surface area contributed by atoms with Crippen molar-refractivity contribution < 1.29 is 13.2 Å². The zero-order valence-corrected chi connectivity index (χ0v) is 13.5. The Bertz CT molecular complexity index is 648. The van der Waals surface area contributed by atoms with Crippen LogP contribution >= 0.6 is 11.6 Å². The highest BCUT2D eigenvalue weighted by Gasteiger charge is 2.38. The number of rotatable bonds is 3. The van der Waals surface area contributed by atoms with Gasteiger partial charge in [-0.05, 0) is 24.6 Å². The second-order valence-electron chi connectivity index (χ2n) is 4.88. The van der Waals surface area contributed by atoms with Crippen molar-refractivity contribution in [2.45, 2.75) is 17.9 Å². The average molecular weight is 332 g/mol. The molecule has 1 aliphatic heterocycles. The van der Waals surface area contributed by atoms with Crippen LogP contribution in [0.2, 0.25) is 5.02 Å². The van der Waals surface area contributed by atoms with Crippen molar-refractivity contribution in [2.24, 2.45) is 0 Å². The smallest absolute Gasteiger partial charge is 0.245 e. The number of likely N-dealkylation sites (N-methyl/N-ethyl adjacent to an activating group) is 1. The number of carbonyl (C=O) groups is 1. The van der Waals surface area contributed by atoms with Crippen LogP contribution in [0.5, 0.6) is 0 Å². The number of hydrogen-bond donors (Lipinski definition) is 2. The predicted octanol–water partition coefficient (Wildman–Crippen LogP) is 0.357. The van der Waals surface area contributed by atoms with Gasteiger partial charge in [-0.1, -0.05) is 17.7 Å². The van der Waals surface area contributed by atoms with Gasteiger partial charge in [-0.2, -0.15) is 4.31 Å². The molecule has 0 aliphatic carbocycles. The summed E-state index contributed by atoms with van der Waals surface area (Å²) in [5.41, 5.74) is 0.877. The van der Waals surface area contributed by atoms with Crippen LogP contribution in [0.15, 0.2) is 23.1 Å². The lowest BCUT2D eigenvalue weighted by atomic mass is 10.2. The molecule has 6 nitrogen and oxygen atoms in total. The Labute approximate surface area is 129 Å². The molecule has 1 aromatic rings. The Morgan fingerprint density at radius 3 is 2.81 bits per heavy atom. The highest BCUT2D eigenvalue weighted by atomic mass is 35.5. The molecule has 116 valence electrons. The third-order valence-corrected chi connectivity index (χ3v) is 5.81. The lowest BCUT2D eigenvalue weighted by Crippen LogP contribution is -2.59. The van der Waals surface area contributed by atoms with E-state index in [0.717, 1.165) is 5.56 Å². The van der Waals surface area contributed by atoms with Crippen LogP contribution in [0.25, 0.3) is 0 Å². The largest absolute Gasteiger partial charge is 0.358 e. The minimum atomic E-state index is -3.81. The quantitative estimate of drug-likeness (QED) is 0.838. The SMILES string of the molecule is CNC(=O)C1CNCCN1S(=O)(=O)c1ccc(C)cc1Cl. The van der Waals surface area contributed by atoms with Gasteiger partial charge >= 0.3 is 0 Å². The Morgan fingerprint density at radius 1 is 1.48 bits per heavy atom. The van der Waals surface area contributed by atoms with Crippen LogP contribution in [0.3, 0.4) is 0 Å². The number of halogens is 1. The van der Waals surface area contributed by atoms with E-state index in [2.05, 4.69) is 10.6 Å². The molecule has 21 heavy (non-hydrogen) atoms. The maximum atomic E-state index is 12.8. The van der Waals surface area contributed by atoms with E-state index in [4.69, 9.17) is 11.6 Å². The van der Waals surface area contributed by atoms with Crippen LogP contribution in [0.1, 0.15) is 5.56 Å². The maximum Gasteiger partial charge on any atom is 0.245 e. The second kappa shape index (κ2) is 6.31. The van der Waals surface area contributed by atoms with Crippen LogP contribution in [-0.2, 0) is 14.8 Å². The number of aryl methyl sites for hydroxylation is 1. The Kier molecular flexibility index (Phi) is 4.88. The number of piperazine rings is 1. The van der Waals surface area contributed by atoms with Crippen molar-refractivity contribution in [3.63, 3.8) is 0 Å². The summed E-state index contributed by atoms with van der Waals surface area (Å²) >= 11 is 6.07. The molecule has 1 fully saturated rings. The summed E-state index contributed by atoms with van der Waals surface area (Å²) in [5, 5.41) is 5.69. The van der Waals surface area contributed by atoms with Crippen LogP contribution < -0.4 is 10.6 Å². The van der Waals surface area contributed by atoms with Gasteiger partial charge in [0.1, 0.15) is 10.9 Å². The number of nitrogens with zero attached hydrogens (tertiary/aromatic N) is 1. The van der Waals surface area contributed by atoms with Crippen molar-refractivity contribution in [1.82, 2.24) is 14.9 Å². The number of amides is 1. The number of benzene rings is 1. The molecular formula is C13H18ClN3O3S. The van der Waals surface area contributed by atoms with E-state index >= 15 is 0 Å². The van der Waals surface area contributed by atoms with Gasteiger partial charge in [0.15, 0.2) is 0 Å². The number of nitrogens with one attached hydrogen (secondary N) is 2. The fourth-order valence-corrected chi connectivity index (χ4v) is 4.47. The van der Waals surface area contributed by atoms with E-state index in [9.17, 15) is 13.2 Å². The second-order valence-corrected chi connectivity index (χ2v) is 7.15. The molecule has 0 saturated carbocycles. The molecule has 1 atom stereocenters. The fraction of sp³-hybridized carbons (Fsp3) is 0.462. The summed E-state index contributed by atoms with van der Waals surface area (Å²) < 4.78 is 26.8. The van der Waals surface area contributed by atoms with Crippen molar-refractivity contribution in [2.75, 3.05) is 26.7 Å². The molecule has 8 heteroatoms. The summed E-state index contributed by atoms with van der Waals surface area (Å²) in [7, 11) is -2.33. The summed E-state index contributed by atoms with van der Waals surface area (Å²) in [6.07, 6.45) is 0. The average Bonchev–Trinajstić information content (AvgIpc) is 2.46. The fourth-order valence-electron chi connectivity index (χ4n) is 2.30. The minimum absolute atomic E-state index is 0.0329. The minimum Gasteiger partial charge on any atom is -0.358 e. The van der Waals surface area contributed by atoms with E-state index < -0.39 is 16.1 Å². The first kappa shape index (κ1) is 16.2. The monoisotopic (exact) mass is 331 g/mol. The van der Waals surface area contributed by atoms with Crippen LogP contribution in [-0.4, -0.2) is 51.4 Å². The summed E-state index contributed by atoms with van der Waals surface area (Å²) in [4.78, 5) is 11.9. The molecule has 1 heterocycles. The number of hydrogen-bond acceptors (Lipinski definition) is 4. The van der Waals surface area contributed by atoms with E-state index in [1.807, 2.05) is 6.92 Å². The summed E-state index contributed by atoms with van der Waals surface area (Å²) in [5.74, 6) is -0.339. The molecule has 1 unspecified atom stereocenters. The highest BCUT2D eigenvalue weighted by molar-refractivity contribution is 7.89. The van der Waals surface area contributed by atoms with Gasteiger partial charge in [-0.3, -0.25) is 4.79 Å². The first-order valence-electron chi connectivity index (χ1n) is 6.58. The molecule has 1 aliphatic rings. The summed E-state index contributed by atoms with van der Waals surface area (Å²) in [6, 6.07) is 4.00. The molecule has 0 radical (unpaired) electrons. The van der Waals surface area contributed by atoms with Crippen molar-refractivity contribution >= 4 is 27.5 Å². The van der Waals surface area contributed by atoms with Crippen molar-refractivity contribution in [3.8, 4) is 0 Å². The number of sulfonamides is 1. The first-order valence-corrected chi connectivity index (χ1v) is 8.40. The van der Waals surface area contributed by atoms with Gasteiger partial charge in [0, 0.05) is 26.7 Å². The van der Waals surface area contributed by atoms with Crippen LogP contribution in [0.4, 0.5) is 0 Å². The third kappa shape index (κ3) is 3.21. The molecule has 0 bridgehead atoms. The summed E-state index contributed by atoms with van der Waals surface area (Å²) in [6.45, 7) is 2.84. The van der Waals surface area contributed by atoms with Gasteiger partial charge in [0.2, 0.25) is 15.9 Å². The molecule has 0 spiro atoms. The van der Waals surface area contributed by atoms with E-state index in [-0.39, 0.29) is 28.9 Å². The van der Waals surface area contributed by atoms with Crippen molar-refractivity contribution in [3.05, 3.63) is 28.8 Å². The van der Waals surface area contributed by atoms with Gasteiger partial charge in [-0.25, -0.2) is 8.42 Å². The van der Waals surface area contributed by atoms with Gasteiger partial charge in [0.05, 0.1) is 5.02 Å². The lowest BCUT2D eigenvalue weighted by molar-refractivity contribution is -0.124. The van der Waals surface area contributed by atoms with Gasteiger partial charge < -0.3 is 10.6 Å². The molecule has 2 N–H and O–H groups in total. The topological polar surface area (TPSA) is 78.5 Å². The lowest BCUT2D eigenvalue weighted by Gasteiger charge is -2.34. The molecular weight excluding hydrogens is 314 g/mol. The highest BCUT2D eigenvalue weighted by Crippen LogP contribution is 2.27. The molecule has 1 aromatic carbocycles. The Balaban J connectivity index is 2.43. The Hall–Kier alpha value is -1.15. The normalized spacial score (nSPS) is 20.2. The standard InChI is InChI=1S/C13H18ClN3O3S/c1-9-3-4-12(10(14)7-9)21(19,20)17-6-5-16-8-11(17)13(18)15-2/h3-4,7,11,16H,5-6,8H2,1-2H3,(H,15,18). The number of carbonyl (C=O) groups excluding carboxylic acids is 1. The predicted molar refractivity (Wildman–Crippen MR) is 80.8 cm³/mol. The molecule has 1 amide bonds. The molecule has 0 aromatic heterocycles. The molecule has 2 rings (SSSR count). The molecule has 1 saturated heterocycles. The van der Waals surface area contributed by atoms with Gasteiger partial charge in [-0.15, -0.1) is 0 Å². The zero-order chi connectivity index (χ0) is 15.6. The van der Waals surface area contributed by atoms with E-state index in [1.165, 1.54) is 17.4 Å². The van der Waals surface area contributed by atoms with Crippen LogP contribution in [0, 0.1) is 6.92 Å². The van der Waals surface area contributed by atoms with E-state index in [0.29, 0.717) is 6.54 Å². The van der Waals surface area contributed by atoms with E-state index in [1.54, 1.807) is 12.1 Å². The zero-order valence-electron chi connectivity index (χ0n) is 11.9. The Morgan fingerprint density at radius 2 is 2.19 bits per heavy atom. The maximum absolute atomic E-state index is 12.8. The van der Waals surface area contributed by atoms with Crippen molar-refractivity contribution in [1.29, 1.82) is 0 Å². The first-order chi connectivity index (χ1) is 9.87. The third-order valence-electron chi connectivity index (χ3n) is 3.42. The van der Waals surface area contributed by atoms with Gasteiger partial charge in [0.25, 0.3) is 0 Å².